The Morgan fingerprint density at radius 1 is 1.19 bits per heavy atom. The number of thioether (sulfide) groups is 1. The van der Waals surface area contributed by atoms with Crippen molar-refractivity contribution in [3.05, 3.63) is 35.9 Å². The zero-order chi connectivity index (χ0) is 19.2. The first-order valence-corrected chi connectivity index (χ1v) is 9.82. The quantitative estimate of drug-likeness (QED) is 0.726. The fourth-order valence-electron chi connectivity index (χ4n) is 2.64. The number of rotatable bonds is 7. The van der Waals surface area contributed by atoms with Crippen molar-refractivity contribution in [1.29, 1.82) is 0 Å². The highest BCUT2D eigenvalue weighted by molar-refractivity contribution is 8.00. The van der Waals surface area contributed by atoms with E-state index in [1.165, 1.54) is 23.9 Å². The molecule has 0 spiro atoms. The monoisotopic (exact) mass is 390 g/mol. The highest BCUT2D eigenvalue weighted by Crippen LogP contribution is 2.19. The van der Waals surface area contributed by atoms with E-state index in [0.717, 1.165) is 30.8 Å². The van der Waals surface area contributed by atoms with Crippen molar-refractivity contribution in [1.82, 2.24) is 20.3 Å². The third kappa shape index (κ3) is 5.53. The first-order chi connectivity index (χ1) is 13.0. The van der Waals surface area contributed by atoms with Crippen LogP contribution in [-0.2, 0) is 11.3 Å². The van der Waals surface area contributed by atoms with Gasteiger partial charge in [-0.3, -0.25) is 4.79 Å². The van der Waals surface area contributed by atoms with Crippen molar-refractivity contribution in [2.45, 2.75) is 24.3 Å². The molecular weight excluding hydrogens is 367 g/mol. The molecule has 3 rings (SSSR count). The van der Waals surface area contributed by atoms with E-state index in [2.05, 4.69) is 25.2 Å². The van der Waals surface area contributed by atoms with E-state index < -0.39 is 0 Å². The zero-order valence-electron chi connectivity index (χ0n) is 15.5. The van der Waals surface area contributed by atoms with Crippen LogP contribution >= 0.6 is 11.8 Å². The Labute approximate surface area is 162 Å². The van der Waals surface area contributed by atoms with Gasteiger partial charge in [-0.2, -0.15) is 15.0 Å². The Morgan fingerprint density at radius 2 is 1.89 bits per heavy atom. The summed E-state index contributed by atoms with van der Waals surface area (Å²) in [5.41, 5.74) is 0. The number of amides is 1. The summed E-state index contributed by atoms with van der Waals surface area (Å²) < 4.78 is 12.9. The summed E-state index contributed by atoms with van der Waals surface area (Å²) >= 11 is 1.36. The van der Waals surface area contributed by atoms with Crippen LogP contribution in [0.1, 0.15) is 18.7 Å². The number of carbonyl (C=O) groups excluding carboxylic acids is 1. The molecule has 1 aliphatic rings. The number of hydrogen-bond acceptors (Lipinski definition) is 7. The lowest BCUT2D eigenvalue weighted by Gasteiger charge is -2.18. The molecule has 0 atom stereocenters. The van der Waals surface area contributed by atoms with Crippen molar-refractivity contribution < 1.29 is 9.18 Å². The molecule has 0 unspecified atom stereocenters. The van der Waals surface area contributed by atoms with E-state index in [-0.39, 0.29) is 24.0 Å². The summed E-state index contributed by atoms with van der Waals surface area (Å²) in [4.78, 5) is 30.4. The van der Waals surface area contributed by atoms with Gasteiger partial charge >= 0.3 is 0 Å². The minimum Gasteiger partial charge on any atom is -0.348 e. The normalized spacial score (nSPS) is 13.7. The molecule has 1 aromatic heterocycles. The molecule has 2 aromatic rings. The van der Waals surface area contributed by atoms with Crippen LogP contribution in [0.15, 0.2) is 29.2 Å². The lowest BCUT2D eigenvalue weighted by molar-refractivity contribution is -0.118. The van der Waals surface area contributed by atoms with Gasteiger partial charge in [-0.15, -0.1) is 11.8 Å². The lowest BCUT2D eigenvalue weighted by Crippen LogP contribution is -2.28. The van der Waals surface area contributed by atoms with Gasteiger partial charge in [0.2, 0.25) is 17.8 Å². The number of nitrogens with zero attached hydrogens (tertiary/aromatic N) is 5. The summed E-state index contributed by atoms with van der Waals surface area (Å²) in [6.45, 7) is 2.13. The molecule has 0 bridgehead atoms. The molecule has 2 heterocycles. The SMILES string of the molecule is CN(C)c1nc(CNC(=O)CSc2ccc(F)cc2)nc(N2CCCC2)n1. The number of nitrogens with one attached hydrogen (secondary N) is 1. The fourth-order valence-corrected chi connectivity index (χ4v) is 3.37. The Kier molecular flexibility index (Phi) is 6.44. The second-order valence-corrected chi connectivity index (χ2v) is 7.51. The third-order valence-electron chi connectivity index (χ3n) is 4.07. The van der Waals surface area contributed by atoms with Gasteiger partial charge in [0.1, 0.15) is 5.82 Å². The number of anilines is 2. The van der Waals surface area contributed by atoms with Gasteiger partial charge in [-0.1, -0.05) is 0 Å². The third-order valence-corrected chi connectivity index (χ3v) is 5.09. The number of hydrogen-bond donors (Lipinski definition) is 1. The van der Waals surface area contributed by atoms with Crippen LogP contribution in [0.5, 0.6) is 0 Å². The smallest absolute Gasteiger partial charge is 0.230 e. The van der Waals surface area contributed by atoms with Crippen LogP contribution < -0.4 is 15.1 Å². The molecule has 0 saturated carbocycles. The molecule has 7 nitrogen and oxygen atoms in total. The minimum atomic E-state index is -0.288. The average Bonchev–Trinajstić information content (AvgIpc) is 3.20. The number of aromatic nitrogens is 3. The van der Waals surface area contributed by atoms with Crippen molar-refractivity contribution in [3.8, 4) is 0 Å². The van der Waals surface area contributed by atoms with E-state index in [9.17, 15) is 9.18 Å². The highest BCUT2D eigenvalue weighted by Gasteiger charge is 2.18. The van der Waals surface area contributed by atoms with E-state index in [0.29, 0.717) is 17.7 Å². The van der Waals surface area contributed by atoms with Gasteiger partial charge < -0.3 is 15.1 Å². The van der Waals surface area contributed by atoms with Gasteiger partial charge in [0.25, 0.3) is 0 Å². The first kappa shape index (κ1) is 19.3. The lowest BCUT2D eigenvalue weighted by atomic mass is 10.4. The molecule has 9 heteroatoms. The van der Waals surface area contributed by atoms with Crippen LogP contribution in [0.4, 0.5) is 16.3 Å². The van der Waals surface area contributed by atoms with Gasteiger partial charge in [0.05, 0.1) is 12.3 Å². The fraction of sp³-hybridized carbons (Fsp3) is 0.444. The van der Waals surface area contributed by atoms with Crippen LogP contribution in [0.25, 0.3) is 0 Å². The predicted molar refractivity (Wildman–Crippen MR) is 105 cm³/mol. The molecular formula is C18H23FN6OS. The maximum atomic E-state index is 12.9. The number of benzene rings is 1. The van der Waals surface area contributed by atoms with Crippen molar-refractivity contribution in [2.75, 3.05) is 42.7 Å². The average molecular weight is 390 g/mol. The second kappa shape index (κ2) is 8.98. The Hall–Kier alpha value is -2.42. The molecule has 1 aliphatic heterocycles. The second-order valence-electron chi connectivity index (χ2n) is 6.46. The zero-order valence-corrected chi connectivity index (χ0v) is 16.3. The molecule has 1 aromatic carbocycles. The topological polar surface area (TPSA) is 74.2 Å². The van der Waals surface area contributed by atoms with Crippen LogP contribution in [-0.4, -0.2) is 53.8 Å². The van der Waals surface area contributed by atoms with Crippen LogP contribution in [0.3, 0.4) is 0 Å². The molecule has 0 radical (unpaired) electrons. The van der Waals surface area contributed by atoms with Gasteiger partial charge in [-0.05, 0) is 37.1 Å². The Bertz CT molecular complexity index is 780. The molecule has 144 valence electrons. The highest BCUT2D eigenvalue weighted by atomic mass is 32.2. The minimum absolute atomic E-state index is 0.126. The Balaban J connectivity index is 1.58. The summed E-state index contributed by atoms with van der Waals surface area (Å²) in [7, 11) is 3.76. The van der Waals surface area contributed by atoms with Crippen LogP contribution in [0.2, 0.25) is 0 Å². The number of carbonyl (C=O) groups is 1. The van der Waals surface area contributed by atoms with Crippen molar-refractivity contribution >= 4 is 29.6 Å². The maximum Gasteiger partial charge on any atom is 0.230 e. The number of halogens is 1. The standard InChI is InChI=1S/C18H23FN6OS/c1-24(2)17-21-15(22-18(23-17)25-9-3-4-10-25)11-20-16(26)12-27-14-7-5-13(19)6-8-14/h5-8H,3-4,9-12H2,1-2H3,(H,20,26). The van der Waals surface area contributed by atoms with Crippen LogP contribution in [0, 0.1) is 5.82 Å². The molecule has 1 amide bonds. The van der Waals surface area contributed by atoms with E-state index in [4.69, 9.17) is 0 Å². The van der Waals surface area contributed by atoms with Crippen molar-refractivity contribution in [3.63, 3.8) is 0 Å². The maximum absolute atomic E-state index is 12.9. The molecule has 27 heavy (non-hydrogen) atoms. The molecule has 1 N–H and O–H groups in total. The van der Waals surface area contributed by atoms with E-state index >= 15 is 0 Å². The summed E-state index contributed by atoms with van der Waals surface area (Å²) in [5, 5.41) is 2.84. The molecule has 0 aliphatic carbocycles. The molecule has 1 fully saturated rings. The van der Waals surface area contributed by atoms with Gasteiger partial charge in [0.15, 0.2) is 5.82 Å². The van der Waals surface area contributed by atoms with Gasteiger partial charge in [0, 0.05) is 32.1 Å². The van der Waals surface area contributed by atoms with Gasteiger partial charge in [-0.25, -0.2) is 4.39 Å². The van der Waals surface area contributed by atoms with E-state index in [1.807, 2.05) is 19.0 Å². The summed E-state index contributed by atoms with van der Waals surface area (Å²) in [6.07, 6.45) is 2.27. The summed E-state index contributed by atoms with van der Waals surface area (Å²) in [5.74, 6) is 1.61. The van der Waals surface area contributed by atoms with Crippen molar-refractivity contribution in [2.24, 2.45) is 0 Å². The predicted octanol–water partition coefficient (Wildman–Crippen LogP) is 2.09. The molecule has 1 saturated heterocycles. The first-order valence-electron chi connectivity index (χ1n) is 8.83. The summed E-state index contributed by atoms with van der Waals surface area (Å²) in [6, 6.07) is 6.08. The largest absolute Gasteiger partial charge is 0.348 e. The van der Waals surface area contributed by atoms with E-state index in [1.54, 1.807) is 12.1 Å². The Morgan fingerprint density at radius 3 is 2.56 bits per heavy atom.